The number of thiophene rings is 1. The number of ether oxygens (including phenoxy) is 2. The van der Waals surface area contributed by atoms with Crippen LogP contribution in [0.5, 0.6) is 11.5 Å². The third kappa shape index (κ3) is 3.65. The predicted octanol–water partition coefficient (Wildman–Crippen LogP) is 3.55. The number of aromatic nitrogens is 1. The van der Waals surface area contributed by atoms with Crippen LogP contribution in [0.25, 0.3) is 5.57 Å². The quantitative estimate of drug-likeness (QED) is 0.588. The molecule has 0 unspecified atom stereocenters. The van der Waals surface area contributed by atoms with Gasteiger partial charge in [0.25, 0.3) is 11.8 Å². The van der Waals surface area contributed by atoms with E-state index < -0.39 is 5.91 Å². The minimum absolute atomic E-state index is 0.102. The van der Waals surface area contributed by atoms with Crippen LogP contribution in [0.2, 0.25) is 0 Å². The number of carbonyl (C=O) groups excluding carboxylic acids is 2. The molecule has 4 rings (SSSR count). The maximum Gasteiger partial charge on any atom is 0.278 e. The van der Waals surface area contributed by atoms with Crippen LogP contribution in [0.4, 0.5) is 5.69 Å². The van der Waals surface area contributed by atoms with Gasteiger partial charge < -0.3 is 14.8 Å². The van der Waals surface area contributed by atoms with Crippen LogP contribution < -0.4 is 14.8 Å². The largest absolute Gasteiger partial charge is 0.493 e. The average molecular weight is 421 g/mol. The molecule has 0 fully saturated rings. The number of imide groups is 1. The molecule has 0 bridgehead atoms. The molecule has 0 aliphatic carbocycles. The molecule has 1 aliphatic heterocycles. The Morgan fingerprint density at radius 1 is 1.00 bits per heavy atom. The number of amides is 2. The summed E-state index contributed by atoms with van der Waals surface area (Å²) in [5.74, 6) is 0.337. The zero-order valence-corrected chi connectivity index (χ0v) is 17.2. The Hall–Kier alpha value is -3.65. The highest BCUT2D eigenvalue weighted by Gasteiger charge is 2.39. The highest BCUT2D eigenvalue weighted by Crippen LogP contribution is 2.35. The summed E-state index contributed by atoms with van der Waals surface area (Å²) in [7, 11) is 3.09. The zero-order chi connectivity index (χ0) is 21.1. The number of hydrogen-bond donors (Lipinski definition) is 1. The predicted molar refractivity (Wildman–Crippen MR) is 114 cm³/mol. The summed E-state index contributed by atoms with van der Waals surface area (Å²) in [5, 5.41) is 4.99. The Kier molecular flexibility index (Phi) is 5.49. The van der Waals surface area contributed by atoms with E-state index in [1.807, 2.05) is 23.6 Å². The SMILES string of the molecule is COc1ccc(NC2=C(c3cccs3)C(=O)N(Cc3ccccn3)C2=O)cc1OC. The third-order valence-corrected chi connectivity index (χ3v) is 5.52. The molecule has 152 valence electrons. The monoisotopic (exact) mass is 421 g/mol. The van der Waals surface area contributed by atoms with Crippen molar-refractivity contribution in [2.24, 2.45) is 0 Å². The number of pyridine rings is 1. The molecule has 7 nitrogen and oxygen atoms in total. The summed E-state index contributed by atoms with van der Waals surface area (Å²) in [5.41, 5.74) is 1.82. The van der Waals surface area contributed by atoms with Gasteiger partial charge in [-0.3, -0.25) is 19.5 Å². The van der Waals surface area contributed by atoms with E-state index in [1.165, 1.54) is 23.3 Å². The summed E-state index contributed by atoms with van der Waals surface area (Å²) in [6, 6.07) is 14.3. The van der Waals surface area contributed by atoms with Crippen LogP contribution >= 0.6 is 11.3 Å². The van der Waals surface area contributed by atoms with Crippen LogP contribution in [0, 0.1) is 0 Å². The normalized spacial score (nSPS) is 13.7. The molecular weight excluding hydrogens is 402 g/mol. The lowest BCUT2D eigenvalue weighted by molar-refractivity contribution is -0.137. The molecule has 1 aromatic carbocycles. The van der Waals surface area contributed by atoms with Gasteiger partial charge in [0.15, 0.2) is 11.5 Å². The minimum atomic E-state index is -0.399. The van der Waals surface area contributed by atoms with Gasteiger partial charge in [0.1, 0.15) is 5.70 Å². The van der Waals surface area contributed by atoms with Gasteiger partial charge >= 0.3 is 0 Å². The molecule has 3 aromatic rings. The van der Waals surface area contributed by atoms with Crippen molar-refractivity contribution >= 4 is 34.4 Å². The van der Waals surface area contributed by atoms with Gasteiger partial charge in [-0.25, -0.2) is 0 Å². The van der Waals surface area contributed by atoms with Gasteiger partial charge in [-0.2, -0.15) is 0 Å². The minimum Gasteiger partial charge on any atom is -0.493 e. The van der Waals surface area contributed by atoms with Gasteiger partial charge in [0.05, 0.1) is 32.0 Å². The number of hydrogen-bond acceptors (Lipinski definition) is 7. The van der Waals surface area contributed by atoms with Crippen LogP contribution in [-0.4, -0.2) is 35.9 Å². The molecule has 1 N–H and O–H groups in total. The summed E-state index contributed by atoms with van der Waals surface area (Å²) in [4.78, 5) is 32.6. The number of benzene rings is 1. The molecule has 3 heterocycles. The topological polar surface area (TPSA) is 80.8 Å². The van der Waals surface area contributed by atoms with Crippen molar-refractivity contribution in [2.75, 3.05) is 19.5 Å². The number of nitrogens with zero attached hydrogens (tertiary/aromatic N) is 2. The molecule has 2 amide bonds. The Balaban J connectivity index is 1.71. The zero-order valence-electron chi connectivity index (χ0n) is 16.4. The maximum absolute atomic E-state index is 13.2. The Bertz CT molecular complexity index is 1110. The summed E-state index contributed by atoms with van der Waals surface area (Å²) >= 11 is 1.40. The lowest BCUT2D eigenvalue weighted by Gasteiger charge is -2.15. The van der Waals surface area contributed by atoms with Crippen molar-refractivity contribution in [1.82, 2.24) is 9.88 Å². The van der Waals surface area contributed by atoms with Crippen LogP contribution in [-0.2, 0) is 16.1 Å². The van der Waals surface area contributed by atoms with Gasteiger partial charge in [0, 0.05) is 22.8 Å². The molecule has 8 heteroatoms. The van der Waals surface area contributed by atoms with Gasteiger partial charge in [-0.05, 0) is 35.7 Å². The van der Waals surface area contributed by atoms with E-state index in [1.54, 1.807) is 43.6 Å². The standard InChI is InChI=1S/C22H19N3O4S/c1-28-16-9-8-14(12-17(16)29-2)24-20-19(18-7-5-11-30-18)21(26)25(22(20)27)13-15-6-3-4-10-23-15/h3-12,24H,13H2,1-2H3. The van der Waals surface area contributed by atoms with E-state index >= 15 is 0 Å². The van der Waals surface area contributed by atoms with Gasteiger partial charge in [-0.1, -0.05) is 12.1 Å². The van der Waals surface area contributed by atoms with Crippen LogP contribution in [0.1, 0.15) is 10.6 Å². The summed E-state index contributed by atoms with van der Waals surface area (Å²) in [6.07, 6.45) is 1.64. The van der Waals surface area contributed by atoms with Gasteiger partial charge in [0.2, 0.25) is 0 Å². The third-order valence-electron chi connectivity index (χ3n) is 4.63. The van der Waals surface area contributed by atoms with Crippen molar-refractivity contribution in [1.29, 1.82) is 0 Å². The summed E-state index contributed by atoms with van der Waals surface area (Å²) < 4.78 is 10.6. The Labute approximate surface area is 177 Å². The first kappa shape index (κ1) is 19.7. The highest BCUT2D eigenvalue weighted by molar-refractivity contribution is 7.11. The van der Waals surface area contributed by atoms with Crippen molar-refractivity contribution < 1.29 is 19.1 Å². The average Bonchev–Trinajstić information content (AvgIpc) is 3.37. The van der Waals surface area contributed by atoms with Crippen molar-refractivity contribution in [3.63, 3.8) is 0 Å². The molecule has 0 radical (unpaired) electrons. The Morgan fingerprint density at radius 2 is 1.83 bits per heavy atom. The molecule has 1 aliphatic rings. The molecule has 0 spiro atoms. The lowest BCUT2D eigenvalue weighted by Crippen LogP contribution is -2.32. The second-order valence-electron chi connectivity index (χ2n) is 6.44. The van der Waals surface area contributed by atoms with E-state index in [0.717, 1.165) is 4.88 Å². The fourth-order valence-electron chi connectivity index (χ4n) is 3.20. The van der Waals surface area contributed by atoms with Crippen molar-refractivity contribution in [3.05, 3.63) is 76.4 Å². The molecule has 0 saturated carbocycles. The first-order valence-electron chi connectivity index (χ1n) is 9.15. The van der Waals surface area contributed by atoms with E-state index in [4.69, 9.17) is 9.47 Å². The number of anilines is 1. The first-order valence-corrected chi connectivity index (χ1v) is 10.0. The smallest absolute Gasteiger partial charge is 0.278 e. The van der Waals surface area contributed by atoms with E-state index in [2.05, 4.69) is 10.3 Å². The fraction of sp³-hybridized carbons (Fsp3) is 0.136. The highest BCUT2D eigenvalue weighted by atomic mass is 32.1. The Morgan fingerprint density at radius 3 is 2.50 bits per heavy atom. The van der Waals surface area contributed by atoms with Crippen molar-refractivity contribution in [2.45, 2.75) is 6.54 Å². The molecule has 2 aromatic heterocycles. The molecule has 0 saturated heterocycles. The van der Waals surface area contributed by atoms with Crippen LogP contribution in [0.15, 0.2) is 65.8 Å². The van der Waals surface area contributed by atoms with Crippen LogP contribution in [0.3, 0.4) is 0 Å². The second-order valence-corrected chi connectivity index (χ2v) is 7.39. The van der Waals surface area contributed by atoms with Crippen molar-refractivity contribution in [3.8, 4) is 11.5 Å². The number of rotatable bonds is 7. The van der Waals surface area contributed by atoms with E-state index in [0.29, 0.717) is 28.5 Å². The molecule has 0 atom stereocenters. The number of carbonyl (C=O) groups is 2. The van der Waals surface area contributed by atoms with E-state index in [9.17, 15) is 9.59 Å². The van der Waals surface area contributed by atoms with Gasteiger partial charge in [-0.15, -0.1) is 11.3 Å². The summed E-state index contributed by atoms with van der Waals surface area (Å²) in [6.45, 7) is 0.102. The number of nitrogens with one attached hydrogen (secondary N) is 1. The fourth-order valence-corrected chi connectivity index (χ4v) is 3.97. The molecule has 30 heavy (non-hydrogen) atoms. The molecular formula is C22H19N3O4S. The van der Waals surface area contributed by atoms with E-state index in [-0.39, 0.29) is 18.1 Å². The second kappa shape index (κ2) is 8.38. The first-order chi connectivity index (χ1) is 14.6. The lowest BCUT2D eigenvalue weighted by atomic mass is 10.2. The number of methoxy groups -OCH3 is 2. The maximum atomic E-state index is 13.2.